The molecular formula is C20H22N4. The number of hydrogen-bond donors (Lipinski definition) is 0. The third-order valence-electron chi connectivity index (χ3n) is 4.67. The molecule has 1 aliphatic rings. The third-order valence-corrected chi connectivity index (χ3v) is 4.67. The van der Waals surface area contributed by atoms with Gasteiger partial charge >= 0.3 is 0 Å². The van der Waals surface area contributed by atoms with Crippen molar-refractivity contribution in [2.75, 3.05) is 6.54 Å². The predicted molar refractivity (Wildman–Crippen MR) is 94.4 cm³/mol. The van der Waals surface area contributed by atoms with Crippen molar-refractivity contribution in [1.82, 2.24) is 19.7 Å². The molecule has 0 saturated carbocycles. The third kappa shape index (κ3) is 3.39. The molecule has 0 bridgehead atoms. The number of benzene rings is 1. The van der Waals surface area contributed by atoms with Gasteiger partial charge in [-0.2, -0.15) is 5.10 Å². The van der Waals surface area contributed by atoms with Crippen molar-refractivity contribution in [3.8, 4) is 0 Å². The molecule has 0 aliphatic carbocycles. The lowest BCUT2D eigenvalue weighted by atomic mass is 10.1. The maximum atomic E-state index is 4.57. The summed E-state index contributed by atoms with van der Waals surface area (Å²) in [5, 5.41) is 4.29. The Morgan fingerprint density at radius 1 is 0.958 bits per heavy atom. The van der Waals surface area contributed by atoms with Crippen molar-refractivity contribution in [1.29, 1.82) is 0 Å². The average Bonchev–Trinajstić information content (AvgIpc) is 3.28. The summed E-state index contributed by atoms with van der Waals surface area (Å²) in [6.07, 6.45) is 8.17. The molecular weight excluding hydrogens is 296 g/mol. The highest BCUT2D eigenvalue weighted by Gasteiger charge is 2.26. The van der Waals surface area contributed by atoms with E-state index in [0.29, 0.717) is 6.04 Å². The zero-order valence-corrected chi connectivity index (χ0v) is 13.8. The molecule has 4 rings (SSSR count). The fourth-order valence-corrected chi connectivity index (χ4v) is 3.57. The Labute approximate surface area is 142 Å². The number of pyridine rings is 1. The van der Waals surface area contributed by atoms with E-state index in [1.807, 2.05) is 35.4 Å². The number of nitrogens with zero attached hydrogens (tertiary/aromatic N) is 4. The normalized spacial score (nSPS) is 18.1. The van der Waals surface area contributed by atoms with E-state index in [2.05, 4.69) is 51.4 Å². The molecule has 0 radical (unpaired) electrons. The monoisotopic (exact) mass is 318 g/mol. The Bertz CT molecular complexity index is 767. The van der Waals surface area contributed by atoms with E-state index in [4.69, 9.17) is 0 Å². The van der Waals surface area contributed by atoms with E-state index < -0.39 is 0 Å². The molecule has 0 N–H and O–H groups in total. The van der Waals surface area contributed by atoms with E-state index in [-0.39, 0.29) is 0 Å². The van der Waals surface area contributed by atoms with Crippen LogP contribution in [0, 0.1) is 0 Å². The molecule has 1 aliphatic heterocycles. The molecule has 3 heterocycles. The van der Waals surface area contributed by atoms with E-state index in [0.717, 1.165) is 19.6 Å². The SMILES string of the molecule is c1ccc([C@H]2CCCN2Cc2cccc(Cn3cccn3)c2)nc1. The van der Waals surface area contributed by atoms with Crippen LogP contribution in [0.4, 0.5) is 0 Å². The van der Waals surface area contributed by atoms with Crippen molar-refractivity contribution in [3.63, 3.8) is 0 Å². The summed E-state index contributed by atoms with van der Waals surface area (Å²) in [6.45, 7) is 2.95. The number of aromatic nitrogens is 3. The van der Waals surface area contributed by atoms with Gasteiger partial charge in [-0.05, 0) is 48.7 Å². The largest absolute Gasteiger partial charge is 0.291 e. The lowest BCUT2D eigenvalue weighted by Gasteiger charge is -2.24. The van der Waals surface area contributed by atoms with E-state index in [1.165, 1.54) is 29.7 Å². The van der Waals surface area contributed by atoms with Crippen LogP contribution >= 0.6 is 0 Å². The van der Waals surface area contributed by atoms with Gasteiger partial charge in [-0.15, -0.1) is 0 Å². The van der Waals surface area contributed by atoms with Crippen LogP contribution in [0.2, 0.25) is 0 Å². The fraction of sp³-hybridized carbons (Fsp3) is 0.300. The molecule has 0 spiro atoms. The molecule has 1 fully saturated rings. The minimum Gasteiger partial charge on any atom is -0.291 e. The van der Waals surface area contributed by atoms with Gasteiger partial charge in [0.25, 0.3) is 0 Å². The van der Waals surface area contributed by atoms with E-state index in [1.54, 1.807) is 0 Å². The zero-order valence-electron chi connectivity index (χ0n) is 13.8. The predicted octanol–water partition coefficient (Wildman–Crippen LogP) is 3.66. The maximum Gasteiger partial charge on any atom is 0.0659 e. The molecule has 4 nitrogen and oxygen atoms in total. The van der Waals surface area contributed by atoms with Crippen LogP contribution in [0.1, 0.15) is 35.7 Å². The Morgan fingerprint density at radius 3 is 2.67 bits per heavy atom. The van der Waals surface area contributed by atoms with Gasteiger partial charge in [-0.1, -0.05) is 30.3 Å². The minimum absolute atomic E-state index is 0.445. The first kappa shape index (κ1) is 15.1. The second-order valence-electron chi connectivity index (χ2n) is 6.41. The zero-order chi connectivity index (χ0) is 16.2. The molecule has 24 heavy (non-hydrogen) atoms. The Balaban J connectivity index is 1.48. The first-order valence-electron chi connectivity index (χ1n) is 8.59. The van der Waals surface area contributed by atoms with Crippen LogP contribution in [0.15, 0.2) is 67.1 Å². The first-order chi connectivity index (χ1) is 11.9. The summed E-state index contributed by atoms with van der Waals surface area (Å²) in [5.41, 5.74) is 3.86. The van der Waals surface area contributed by atoms with Crippen LogP contribution in [0.25, 0.3) is 0 Å². The lowest BCUT2D eigenvalue weighted by Crippen LogP contribution is -2.23. The molecule has 4 heteroatoms. The van der Waals surface area contributed by atoms with Gasteiger partial charge in [-0.25, -0.2) is 0 Å². The van der Waals surface area contributed by atoms with Gasteiger partial charge in [-0.3, -0.25) is 14.6 Å². The summed E-state index contributed by atoms with van der Waals surface area (Å²) < 4.78 is 1.96. The van der Waals surface area contributed by atoms with Gasteiger partial charge in [0, 0.05) is 25.1 Å². The number of rotatable bonds is 5. The highest BCUT2D eigenvalue weighted by atomic mass is 15.3. The van der Waals surface area contributed by atoms with Crippen LogP contribution in [0.5, 0.6) is 0 Å². The second kappa shape index (κ2) is 6.97. The molecule has 0 unspecified atom stereocenters. The highest BCUT2D eigenvalue weighted by Crippen LogP contribution is 2.31. The van der Waals surface area contributed by atoms with Crippen molar-refractivity contribution in [3.05, 3.63) is 83.9 Å². The van der Waals surface area contributed by atoms with Crippen molar-refractivity contribution in [2.45, 2.75) is 32.0 Å². The summed E-state index contributed by atoms with van der Waals surface area (Å²) in [7, 11) is 0. The van der Waals surface area contributed by atoms with Crippen LogP contribution in [0.3, 0.4) is 0 Å². The molecule has 1 atom stereocenters. The van der Waals surface area contributed by atoms with Gasteiger partial charge in [0.2, 0.25) is 0 Å². The summed E-state index contributed by atoms with van der Waals surface area (Å²) in [5.74, 6) is 0. The molecule has 1 saturated heterocycles. The van der Waals surface area contributed by atoms with Crippen LogP contribution in [-0.4, -0.2) is 26.2 Å². The van der Waals surface area contributed by atoms with Crippen LogP contribution < -0.4 is 0 Å². The van der Waals surface area contributed by atoms with E-state index in [9.17, 15) is 0 Å². The number of hydrogen-bond acceptors (Lipinski definition) is 3. The Morgan fingerprint density at radius 2 is 1.88 bits per heavy atom. The van der Waals surface area contributed by atoms with Crippen molar-refractivity contribution in [2.24, 2.45) is 0 Å². The lowest BCUT2D eigenvalue weighted by molar-refractivity contribution is 0.244. The summed E-state index contributed by atoms with van der Waals surface area (Å²) in [6, 6.07) is 17.5. The van der Waals surface area contributed by atoms with Gasteiger partial charge in [0.05, 0.1) is 18.3 Å². The highest BCUT2D eigenvalue weighted by molar-refractivity contribution is 5.24. The standard InChI is InChI=1S/C20H22N4/c1-2-10-21-19(8-1)20-9-4-12-23(20)15-17-6-3-7-18(14-17)16-24-13-5-11-22-24/h1-3,5-8,10-11,13-14,20H,4,9,12,15-16H2/t20-/m1/s1. The van der Waals surface area contributed by atoms with Gasteiger partial charge in [0.15, 0.2) is 0 Å². The van der Waals surface area contributed by atoms with Crippen LogP contribution in [-0.2, 0) is 13.1 Å². The van der Waals surface area contributed by atoms with Gasteiger partial charge in [0.1, 0.15) is 0 Å². The fourth-order valence-electron chi connectivity index (χ4n) is 3.57. The number of likely N-dealkylation sites (tertiary alicyclic amines) is 1. The van der Waals surface area contributed by atoms with Crippen molar-refractivity contribution >= 4 is 0 Å². The smallest absolute Gasteiger partial charge is 0.0659 e. The molecule has 1 aromatic carbocycles. The Kier molecular flexibility index (Phi) is 4.38. The van der Waals surface area contributed by atoms with Gasteiger partial charge < -0.3 is 0 Å². The summed E-state index contributed by atoms with van der Waals surface area (Å²) in [4.78, 5) is 7.12. The first-order valence-corrected chi connectivity index (χ1v) is 8.59. The molecule has 122 valence electrons. The maximum absolute atomic E-state index is 4.57. The molecule has 2 aromatic heterocycles. The second-order valence-corrected chi connectivity index (χ2v) is 6.41. The molecule has 0 amide bonds. The quantitative estimate of drug-likeness (QED) is 0.720. The topological polar surface area (TPSA) is 34.0 Å². The summed E-state index contributed by atoms with van der Waals surface area (Å²) >= 11 is 0. The Hall–Kier alpha value is -2.46. The average molecular weight is 318 g/mol. The molecule has 3 aromatic rings. The van der Waals surface area contributed by atoms with Crippen molar-refractivity contribution < 1.29 is 0 Å². The minimum atomic E-state index is 0.445. The van der Waals surface area contributed by atoms with E-state index >= 15 is 0 Å².